The zero-order valence-electron chi connectivity index (χ0n) is 13.9. The highest BCUT2D eigenvalue weighted by molar-refractivity contribution is 5.77. The number of piperidine rings is 2. The maximum absolute atomic E-state index is 13.0. The average molecular weight is 344 g/mol. The van der Waals surface area contributed by atoms with Gasteiger partial charge in [0.1, 0.15) is 0 Å². The van der Waals surface area contributed by atoms with Gasteiger partial charge in [-0.3, -0.25) is 4.79 Å². The van der Waals surface area contributed by atoms with Crippen LogP contribution >= 0.6 is 0 Å². The van der Waals surface area contributed by atoms with Crippen molar-refractivity contribution in [2.45, 2.75) is 31.7 Å². The summed E-state index contributed by atoms with van der Waals surface area (Å²) in [5.74, 6) is 0.793. The maximum atomic E-state index is 13.0. The summed E-state index contributed by atoms with van der Waals surface area (Å²) in [7, 11) is 0. The van der Waals surface area contributed by atoms with Gasteiger partial charge in [0.15, 0.2) is 5.82 Å². The molecule has 2 fully saturated rings. The van der Waals surface area contributed by atoms with E-state index in [4.69, 9.17) is 0 Å². The van der Waals surface area contributed by atoms with E-state index in [9.17, 15) is 9.18 Å². The quantitative estimate of drug-likeness (QED) is 0.907. The molecule has 2 atom stereocenters. The van der Waals surface area contributed by atoms with Crippen molar-refractivity contribution in [3.05, 3.63) is 36.4 Å². The first-order valence-corrected chi connectivity index (χ1v) is 8.70. The summed E-state index contributed by atoms with van der Waals surface area (Å²) in [6.45, 7) is 2.31. The number of hydrogen-bond donors (Lipinski definition) is 1. The number of anilines is 1. The molecule has 2 aromatic rings. The van der Waals surface area contributed by atoms with Gasteiger partial charge >= 0.3 is 0 Å². The third-order valence-electron chi connectivity index (χ3n) is 5.21. The SMILES string of the molecule is O=C1CC[C@@H]2CN(c3ncc(F)cn3)CC[C@@H]2N1CCc1cnc[nH]1. The molecule has 2 aliphatic heterocycles. The fourth-order valence-electron chi connectivity index (χ4n) is 3.95. The predicted octanol–water partition coefficient (Wildman–Crippen LogP) is 1.40. The molecule has 0 aromatic carbocycles. The Kier molecular flexibility index (Phi) is 4.33. The number of carbonyl (C=O) groups excluding carboxylic acids is 1. The fraction of sp³-hybridized carbons (Fsp3) is 0.529. The molecule has 4 rings (SSSR count). The number of amides is 1. The molecule has 0 radical (unpaired) electrons. The Bertz CT molecular complexity index is 719. The molecule has 25 heavy (non-hydrogen) atoms. The van der Waals surface area contributed by atoms with Gasteiger partial charge in [0.25, 0.3) is 0 Å². The van der Waals surface area contributed by atoms with Gasteiger partial charge in [-0.25, -0.2) is 19.3 Å². The average Bonchev–Trinajstić information content (AvgIpc) is 3.15. The van der Waals surface area contributed by atoms with Crippen molar-refractivity contribution in [2.75, 3.05) is 24.5 Å². The number of aromatic nitrogens is 4. The molecule has 1 N–H and O–H groups in total. The van der Waals surface area contributed by atoms with Crippen molar-refractivity contribution in [3.8, 4) is 0 Å². The first-order valence-electron chi connectivity index (χ1n) is 8.70. The van der Waals surface area contributed by atoms with Crippen LogP contribution in [0.5, 0.6) is 0 Å². The Morgan fingerprint density at radius 2 is 2.08 bits per heavy atom. The minimum Gasteiger partial charge on any atom is -0.348 e. The first kappa shape index (κ1) is 16.0. The molecule has 0 unspecified atom stereocenters. The van der Waals surface area contributed by atoms with Gasteiger partial charge in [0.05, 0.1) is 18.7 Å². The molecule has 0 spiro atoms. The summed E-state index contributed by atoms with van der Waals surface area (Å²) < 4.78 is 13.0. The lowest BCUT2D eigenvalue weighted by atomic mass is 9.83. The minimum atomic E-state index is -0.424. The third-order valence-corrected chi connectivity index (χ3v) is 5.21. The van der Waals surface area contributed by atoms with Gasteiger partial charge in [-0.1, -0.05) is 0 Å². The van der Waals surface area contributed by atoms with Crippen LogP contribution in [0.25, 0.3) is 0 Å². The molecule has 1 amide bonds. The molecular weight excluding hydrogens is 323 g/mol. The van der Waals surface area contributed by atoms with Gasteiger partial charge in [0.2, 0.25) is 11.9 Å². The fourth-order valence-corrected chi connectivity index (χ4v) is 3.95. The van der Waals surface area contributed by atoms with Crippen molar-refractivity contribution >= 4 is 11.9 Å². The summed E-state index contributed by atoms with van der Waals surface area (Å²) in [5, 5.41) is 0. The lowest BCUT2D eigenvalue weighted by Gasteiger charge is -2.47. The van der Waals surface area contributed by atoms with Gasteiger partial charge < -0.3 is 14.8 Å². The van der Waals surface area contributed by atoms with Crippen LogP contribution in [0, 0.1) is 11.7 Å². The van der Waals surface area contributed by atoms with Crippen LogP contribution in [0.15, 0.2) is 24.9 Å². The van der Waals surface area contributed by atoms with Crippen LogP contribution in [-0.4, -0.2) is 56.4 Å². The van der Waals surface area contributed by atoms with E-state index < -0.39 is 5.82 Å². The molecular formula is C17H21FN6O. The van der Waals surface area contributed by atoms with E-state index in [0.717, 1.165) is 44.6 Å². The number of aromatic amines is 1. The Morgan fingerprint density at radius 1 is 1.24 bits per heavy atom. The number of hydrogen-bond acceptors (Lipinski definition) is 5. The van der Waals surface area contributed by atoms with Gasteiger partial charge in [-0.2, -0.15) is 0 Å². The summed E-state index contributed by atoms with van der Waals surface area (Å²) in [6.07, 6.45) is 9.03. The van der Waals surface area contributed by atoms with Crippen LogP contribution < -0.4 is 4.90 Å². The van der Waals surface area contributed by atoms with E-state index in [1.807, 2.05) is 4.90 Å². The predicted molar refractivity (Wildman–Crippen MR) is 89.3 cm³/mol. The molecule has 0 aliphatic carbocycles. The molecule has 0 bridgehead atoms. The third kappa shape index (κ3) is 3.33. The number of nitrogens with zero attached hydrogens (tertiary/aromatic N) is 5. The van der Waals surface area contributed by atoms with E-state index in [1.54, 1.807) is 12.5 Å². The number of nitrogens with one attached hydrogen (secondary N) is 1. The lowest BCUT2D eigenvalue weighted by Crippen LogP contribution is -2.56. The molecule has 0 saturated carbocycles. The highest BCUT2D eigenvalue weighted by atomic mass is 19.1. The van der Waals surface area contributed by atoms with Crippen LogP contribution in [-0.2, 0) is 11.2 Å². The number of halogens is 1. The maximum Gasteiger partial charge on any atom is 0.225 e. The zero-order valence-corrected chi connectivity index (χ0v) is 13.9. The van der Waals surface area contributed by atoms with E-state index in [-0.39, 0.29) is 11.9 Å². The monoisotopic (exact) mass is 344 g/mol. The Labute approximate surface area is 145 Å². The van der Waals surface area contributed by atoms with Gasteiger partial charge in [-0.15, -0.1) is 0 Å². The Balaban J connectivity index is 1.43. The Morgan fingerprint density at radius 3 is 2.84 bits per heavy atom. The summed E-state index contributed by atoms with van der Waals surface area (Å²) >= 11 is 0. The highest BCUT2D eigenvalue weighted by Gasteiger charge is 2.39. The molecule has 132 valence electrons. The van der Waals surface area contributed by atoms with Gasteiger partial charge in [-0.05, 0) is 18.8 Å². The molecule has 4 heterocycles. The second-order valence-corrected chi connectivity index (χ2v) is 6.72. The van der Waals surface area contributed by atoms with Crippen molar-refractivity contribution in [1.82, 2.24) is 24.8 Å². The van der Waals surface area contributed by atoms with E-state index in [1.165, 1.54) is 12.4 Å². The largest absolute Gasteiger partial charge is 0.348 e. The zero-order chi connectivity index (χ0) is 17.2. The summed E-state index contributed by atoms with van der Waals surface area (Å²) in [4.78, 5) is 31.9. The van der Waals surface area contributed by atoms with E-state index in [0.29, 0.717) is 18.3 Å². The molecule has 2 aromatic heterocycles. The first-order chi connectivity index (χ1) is 12.2. The number of fused-ring (bicyclic) bond motifs is 1. The normalized spacial score (nSPS) is 23.6. The van der Waals surface area contributed by atoms with E-state index in [2.05, 4.69) is 24.8 Å². The van der Waals surface area contributed by atoms with E-state index >= 15 is 0 Å². The second-order valence-electron chi connectivity index (χ2n) is 6.72. The highest BCUT2D eigenvalue weighted by Crippen LogP contribution is 2.32. The summed E-state index contributed by atoms with van der Waals surface area (Å²) in [6, 6.07) is 0.265. The standard InChI is InChI=1S/C17H21FN6O/c18-13-7-20-17(21-8-13)23-5-4-15-12(10-23)1-2-16(25)24(15)6-3-14-9-19-11-22-14/h7-9,11-12,15H,1-6,10H2,(H,19,22)/t12-,15+/m1/s1. The van der Waals surface area contributed by atoms with Crippen LogP contribution in [0.1, 0.15) is 25.0 Å². The number of imidazole rings is 1. The number of likely N-dealkylation sites (tertiary alicyclic amines) is 1. The second kappa shape index (κ2) is 6.78. The van der Waals surface area contributed by atoms with Crippen molar-refractivity contribution in [3.63, 3.8) is 0 Å². The number of carbonyl (C=O) groups is 1. The number of rotatable bonds is 4. The minimum absolute atomic E-state index is 0.243. The van der Waals surface area contributed by atoms with Crippen LogP contribution in [0.4, 0.5) is 10.3 Å². The molecule has 2 saturated heterocycles. The van der Waals surface area contributed by atoms with Crippen molar-refractivity contribution in [2.24, 2.45) is 5.92 Å². The molecule has 8 heteroatoms. The smallest absolute Gasteiger partial charge is 0.225 e. The van der Waals surface area contributed by atoms with Crippen LogP contribution in [0.2, 0.25) is 0 Å². The molecule has 2 aliphatic rings. The van der Waals surface area contributed by atoms with Crippen molar-refractivity contribution in [1.29, 1.82) is 0 Å². The number of H-pyrrole nitrogens is 1. The molecule has 7 nitrogen and oxygen atoms in total. The van der Waals surface area contributed by atoms with Crippen LogP contribution in [0.3, 0.4) is 0 Å². The van der Waals surface area contributed by atoms with Gasteiger partial charge in [0, 0.05) is 50.4 Å². The Hall–Kier alpha value is -2.51. The summed E-state index contributed by atoms with van der Waals surface area (Å²) in [5.41, 5.74) is 1.05. The topological polar surface area (TPSA) is 78.0 Å². The van der Waals surface area contributed by atoms with Crippen molar-refractivity contribution < 1.29 is 9.18 Å². The lowest BCUT2D eigenvalue weighted by molar-refractivity contribution is -0.139.